The van der Waals surface area contributed by atoms with Gasteiger partial charge in [0.05, 0.1) is 18.1 Å². The summed E-state index contributed by atoms with van der Waals surface area (Å²) in [6, 6.07) is 8.94. The summed E-state index contributed by atoms with van der Waals surface area (Å²) in [5, 5.41) is 14.2. The molecule has 3 heterocycles. The number of benzene rings is 1. The molecule has 0 fully saturated rings. The van der Waals surface area contributed by atoms with Gasteiger partial charge in [0.2, 0.25) is 0 Å². The highest BCUT2D eigenvalue weighted by atomic mass is 16.2. The molecule has 0 radical (unpaired) electrons. The van der Waals surface area contributed by atoms with Crippen LogP contribution in [0, 0.1) is 12.8 Å². The molecule has 28 heavy (non-hydrogen) atoms. The molecule has 1 atom stereocenters. The number of carbonyl (C=O) groups excluding carboxylic acids is 1. The molecule has 0 bridgehead atoms. The molecule has 3 aromatic heterocycles. The van der Waals surface area contributed by atoms with E-state index in [0.29, 0.717) is 23.4 Å². The predicted molar refractivity (Wildman–Crippen MR) is 104 cm³/mol. The molecule has 4 rings (SSSR count). The van der Waals surface area contributed by atoms with Gasteiger partial charge in [-0.2, -0.15) is 0 Å². The number of nitrogens with zero attached hydrogens (tertiary/aromatic N) is 5. The second-order valence-electron chi connectivity index (χ2n) is 7.17. The van der Waals surface area contributed by atoms with Crippen LogP contribution in [0.3, 0.4) is 0 Å². The molecule has 144 valence electrons. The topological polar surface area (TPSA) is 110 Å². The maximum absolute atomic E-state index is 12.9. The standard InChI is InChI=1S/C19H21N7O2/c1-11(2)15(10-25-16-7-5-4-6-14(16)23-24-25)22-19(28)13-9-20-26-17(27)8-12(3)21-18(13)26/h4-9,11,15,20H,10H2,1-3H3,(H,22,28)/t15-/m1/s1. The van der Waals surface area contributed by atoms with Gasteiger partial charge < -0.3 is 5.32 Å². The third-order valence-corrected chi connectivity index (χ3v) is 4.78. The number of nitrogens with one attached hydrogen (secondary N) is 2. The average molecular weight is 379 g/mol. The number of aromatic nitrogens is 6. The normalized spacial score (nSPS) is 12.7. The number of H-pyrrole nitrogens is 1. The molecule has 1 aromatic carbocycles. The molecule has 0 aliphatic rings. The minimum absolute atomic E-state index is 0.162. The van der Waals surface area contributed by atoms with Crippen molar-refractivity contribution in [3.8, 4) is 0 Å². The van der Waals surface area contributed by atoms with E-state index in [0.717, 1.165) is 11.0 Å². The summed E-state index contributed by atoms with van der Waals surface area (Å²) in [6.45, 7) is 6.28. The van der Waals surface area contributed by atoms with E-state index in [9.17, 15) is 9.59 Å². The maximum Gasteiger partial charge on any atom is 0.272 e. The van der Waals surface area contributed by atoms with Gasteiger partial charge in [0, 0.05) is 18.0 Å². The van der Waals surface area contributed by atoms with Crippen LogP contribution in [0.5, 0.6) is 0 Å². The van der Waals surface area contributed by atoms with E-state index in [-0.39, 0.29) is 23.4 Å². The predicted octanol–water partition coefficient (Wildman–Crippen LogP) is 1.53. The van der Waals surface area contributed by atoms with E-state index in [1.807, 2.05) is 38.1 Å². The first kappa shape index (κ1) is 17.9. The first-order valence-electron chi connectivity index (χ1n) is 9.11. The van der Waals surface area contributed by atoms with E-state index < -0.39 is 0 Å². The molecular weight excluding hydrogens is 358 g/mol. The number of amides is 1. The van der Waals surface area contributed by atoms with Crippen molar-refractivity contribution in [2.45, 2.75) is 33.4 Å². The molecule has 9 heteroatoms. The maximum atomic E-state index is 12.9. The Morgan fingerprint density at radius 2 is 2.07 bits per heavy atom. The second-order valence-corrected chi connectivity index (χ2v) is 7.17. The quantitative estimate of drug-likeness (QED) is 0.546. The SMILES string of the molecule is Cc1cc(=O)n2[nH]cc(C(=O)N[C@H](Cn3nnc4ccccc43)C(C)C)c2n1. The number of aromatic amines is 1. The van der Waals surface area contributed by atoms with Crippen LogP contribution in [0.25, 0.3) is 16.7 Å². The smallest absolute Gasteiger partial charge is 0.272 e. The van der Waals surface area contributed by atoms with Crippen LogP contribution >= 0.6 is 0 Å². The third kappa shape index (κ3) is 3.15. The van der Waals surface area contributed by atoms with Gasteiger partial charge in [-0.1, -0.05) is 31.2 Å². The van der Waals surface area contributed by atoms with Crippen molar-refractivity contribution in [3.63, 3.8) is 0 Å². The van der Waals surface area contributed by atoms with Crippen LogP contribution in [0.2, 0.25) is 0 Å². The molecule has 1 amide bonds. The van der Waals surface area contributed by atoms with Crippen molar-refractivity contribution in [2.75, 3.05) is 0 Å². The molecule has 4 aromatic rings. The van der Waals surface area contributed by atoms with Crippen molar-refractivity contribution in [1.29, 1.82) is 0 Å². The number of hydrogen-bond acceptors (Lipinski definition) is 5. The molecule has 2 N–H and O–H groups in total. The summed E-state index contributed by atoms with van der Waals surface area (Å²) in [7, 11) is 0. The summed E-state index contributed by atoms with van der Waals surface area (Å²) in [5.41, 5.74) is 2.68. The number of rotatable bonds is 5. The summed E-state index contributed by atoms with van der Waals surface area (Å²) < 4.78 is 3.06. The van der Waals surface area contributed by atoms with Crippen molar-refractivity contribution in [2.24, 2.45) is 5.92 Å². The van der Waals surface area contributed by atoms with Crippen LogP contribution in [0.4, 0.5) is 0 Å². The minimum Gasteiger partial charge on any atom is -0.347 e. The largest absolute Gasteiger partial charge is 0.347 e. The van der Waals surface area contributed by atoms with Crippen LogP contribution < -0.4 is 10.9 Å². The van der Waals surface area contributed by atoms with Gasteiger partial charge in [-0.3, -0.25) is 14.7 Å². The molecular formula is C19H21N7O2. The molecule has 0 aliphatic heterocycles. The number of carbonyl (C=O) groups is 1. The second kappa shape index (κ2) is 6.91. The molecule has 9 nitrogen and oxygen atoms in total. The third-order valence-electron chi connectivity index (χ3n) is 4.78. The Morgan fingerprint density at radius 3 is 2.86 bits per heavy atom. The summed E-state index contributed by atoms with van der Waals surface area (Å²) in [4.78, 5) is 29.3. The Labute approximate surface area is 160 Å². The van der Waals surface area contributed by atoms with Crippen molar-refractivity contribution in [3.05, 3.63) is 58.1 Å². The highest BCUT2D eigenvalue weighted by molar-refractivity contribution is 5.99. The fraction of sp³-hybridized carbons (Fsp3) is 0.316. The molecule has 0 spiro atoms. The van der Waals surface area contributed by atoms with Gasteiger partial charge in [-0.15, -0.1) is 5.10 Å². The zero-order valence-corrected chi connectivity index (χ0v) is 15.9. The number of fused-ring (bicyclic) bond motifs is 2. The van der Waals surface area contributed by atoms with E-state index >= 15 is 0 Å². The van der Waals surface area contributed by atoms with Gasteiger partial charge in [0.1, 0.15) is 11.1 Å². The Bertz CT molecular complexity index is 1220. The molecule has 0 unspecified atom stereocenters. The minimum atomic E-state index is -0.292. The zero-order chi connectivity index (χ0) is 19.8. The Kier molecular flexibility index (Phi) is 4.42. The fourth-order valence-electron chi connectivity index (χ4n) is 3.17. The van der Waals surface area contributed by atoms with E-state index in [1.54, 1.807) is 11.6 Å². The number of hydrogen-bond donors (Lipinski definition) is 2. The van der Waals surface area contributed by atoms with Crippen LogP contribution in [-0.2, 0) is 6.54 Å². The summed E-state index contributed by atoms with van der Waals surface area (Å²) >= 11 is 0. The van der Waals surface area contributed by atoms with Crippen molar-refractivity contribution in [1.82, 2.24) is 34.9 Å². The lowest BCUT2D eigenvalue weighted by atomic mass is 10.0. The van der Waals surface area contributed by atoms with Crippen molar-refractivity contribution < 1.29 is 4.79 Å². The highest BCUT2D eigenvalue weighted by Crippen LogP contribution is 2.14. The summed E-state index contributed by atoms with van der Waals surface area (Å²) in [6.07, 6.45) is 1.50. The average Bonchev–Trinajstić information content (AvgIpc) is 3.25. The monoisotopic (exact) mass is 379 g/mol. The lowest BCUT2D eigenvalue weighted by molar-refractivity contribution is 0.0921. The van der Waals surface area contributed by atoms with Crippen molar-refractivity contribution >= 4 is 22.6 Å². The lowest BCUT2D eigenvalue weighted by Crippen LogP contribution is -2.41. The summed E-state index contributed by atoms with van der Waals surface area (Å²) in [5.74, 6) is -0.131. The van der Waals surface area contributed by atoms with Gasteiger partial charge >= 0.3 is 0 Å². The Balaban J connectivity index is 1.62. The first-order valence-corrected chi connectivity index (χ1v) is 9.11. The molecule has 0 aliphatic carbocycles. The van der Waals surface area contributed by atoms with Gasteiger partial charge in [-0.25, -0.2) is 14.2 Å². The molecule has 0 saturated carbocycles. The van der Waals surface area contributed by atoms with Gasteiger partial charge in [0.15, 0.2) is 5.65 Å². The Morgan fingerprint density at radius 1 is 1.29 bits per heavy atom. The lowest BCUT2D eigenvalue weighted by Gasteiger charge is -2.22. The first-order chi connectivity index (χ1) is 13.4. The highest BCUT2D eigenvalue weighted by Gasteiger charge is 2.22. The van der Waals surface area contributed by atoms with Crippen LogP contribution in [-0.4, -0.2) is 41.5 Å². The molecule has 0 saturated heterocycles. The van der Waals surface area contributed by atoms with E-state index in [2.05, 4.69) is 25.7 Å². The van der Waals surface area contributed by atoms with Crippen LogP contribution in [0.15, 0.2) is 41.3 Å². The zero-order valence-electron chi connectivity index (χ0n) is 15.9. The number of para-hydroxylation sites is 1. The van der Waals surface area contributed by atoms with E-state index in [1.165, 1.54) is 16.8 Å². The van der Waals surface area contributed by atoms with Gasteiger partial charge in [0.25, 0.3) is 11.5 Å². The van der Waals surface area contributed by atoms with E-state index in [4.69, 9.17) is 0 Å². The fourth-order valence-corrected chi connectivity index (χ4v) is 3.17. The Hall–Kier alpha value is -3.49. The van der Waals surface area contributed by atoms with Crippen LogP contribution in [0.1, 0.15) is 29.9 Å². The number of aryl methyl sites for hydroxylation is 1. The van der Waals surface area contributed by atoms with Gasteiger partial charge in [-0.05, 0) is 25.0 Å².